The molecule has 2 N–H and O–H groups in total. The van der Waals surface area contributed by atoms with Crippen LogP contribution in [-0.4, -0.2) is 0 Å². The van der Waals surface area contributed by atoms with Crippen molar-refractivity contribution in [3.8, 4) is 0 Å². The van der Waals surface area contributed by atoms with Crippen LogP contribution in [0.5, 0.6) is 0 Å². The van der Waals surface area contributed by atoms with Crippen LogP contribution in [0.1, 0.15) is 43.9 Å². The van der Waals surface area contributed by atoms with Crippen LogP contribution in [0, 0.1) is 12.8 Å². The zero-order valence-corrected chi connectivity index (χ0v) is 10.5. The topological polar surface area (TPSA) is 26.0 Å². The van der Waals surface area contributed by atoms with E-state index >= 15 is 0 Å². The van der Waals surface area contributed by atoms with Crippen LogP contribution in [0.2, 0.25) is 5.02 Å². The van der Waals surface area contributed by atoms with E-state index in [4.69, 9.17) is 17.3 Å². The Morgan fingerprint density at radius 2 is 1.93 bits per heavy atom. The van der Waals surface area contributed by atoms with Gasteiger partial charge in [0.15, 0.2) is 0 Å². The molecule has 0 saturated heterocycles. The molecule has 0 aliphatic carbocycles. The highest BCUT2D eigenvalue weighted by Gasteiger charge is 2.12. The first-order chi connectivity index (χ1) is 7.02. The zero-order valence-electron chi connectivity index (χ0n) is 9.76. The van der Waals surface area contributed by atoms with Gasteiger partial charge in [0.2, 0.25) is 0 Å². The van der Waals surface area contributed by atoms with Crippen molar-refractivity contribution in [2.24, 2.45) is 11.7 Å². The van der Waals surface area contributed by atoms with Crippen molar-refractivity contribution < 1.29 is 0 Å². The van der Waals surface area contributed by atoms with E-state index in [1.807, 2.05) is 12.1 Å². The molecule has 0 aromatic heterocycles. The first kappa shape index (κ1) is 12.5. The van der Waals surface area contributed by atoms with E-state index in [0.717, 1.165) is 23.4 Å². The van der Waals surface area contributed by atoms with Gasteiger partial charge in [-0.1, -0.05) is 37.6 Å². The lowest BCUT2D eigenvalue weighted by Gasteiger charge is -2.17. The molecule has 0 heterocycles. The average molecular weight is 226 g/mol. The molecule has 15 heavy (non-hydrogen) atoms. The molecule has 0 radical (unpaired) electrons. The molecule has 84 valence electrons. The second-order valence-corrected chi connectivity index (χ2v) is 4.96. The van der Waals surface area contributed by atoms with E-state index in [1.165, 1.54) is 5.56 Å². The maximum absolute atomic E-state index is 6.16. The number of halogens is 1. The Labute approximate surface area is 97.6 Å². The summed E-state index contributed by atoms with van der Waals surface area (Å²) in [6.07, 6.45) is 2.15. The van der Waals surface area contributed by atoms with Gasteiger partial charge in [0, 0.05) is 11.1 Å². The normalized spacial score (nSPS) is 13.2. The maximum atomic E-state index is 6.16. The fraction of sp³-hybridized carbons (Fsp3) is 0.538. The Kier molecular flexibility index (Phi) is 4.62. The molecule has 0 spiro atoms. The van der Waals surface area contributed by atoms with Crippen molar-refractivity contribution in [1.82, 2.24) is 0 Å². The van der Waals surface area contributed by atoms with Crippen molar-refractivity contribution in [3.63, 3.8) is 0 Å². The van der Waals surface area contributed by atoms with E-state index in [9.17, 15) is 0 Å². The van der Waals surface area contributed by atoms with E-state index in [1.54, 1.807) is 0 Å². The highest BCUT2D eigenvalue weighted by Crippen LogP contribution is 2.28. The van der Waals surface area contributed by atoms with Crippen molar-refractivity contribution in [2.75, 3.05) is 0 Å². The largest absolute Gasteiger partial charge is 0.324 e. The number of hydrogen-bond donors (Lipinski definition) is 1. The number of aryl methyl sites for hydroxylation is 1. The first-order valence-electron chi connectivity index (χ1n) is 5.53. The van der Waals surface area contributed by atoms with Gasteiger partial charge in [-0.3, -0.25) is 0 Å². The van der Waals surface area contributed by atoms with E-state index < -0.39 is 0 Å². The van der Waals surface area contributed by atoms with Gasteiger partial charge in [-0.25, -0.2) is 0 Å². The van der Waals surface area contributed by atoms with Gasteiger partial charge in [-0.05, 0) is 42.9 Å². The molecule has 0 saturated carbocycles. The summed E-state index contributed by atoms with van der Waals surface area (Å²) in [5.41, 5.74) is 8.46. The molecular formula is C13H20ClN. The fourth-order valence-electron chi connectivity index (χ4n) is 1.77. The van der Waals surface area contributed by atoms with Crippen molar-refractivity contribution >= 4 is 11.6 Å². The predicted molar refractivity (Wildman–Crippen MR) is 67.2 cm³/mol. The monoisotopic (exact) mass is 225 g/mol. The van der Waals surface area contributed by atoms with Gasteiger partial charge < -0.3 is 5.73 Å². The molecule has 0 aliphatic rings. The van der Waals surface area contributed by atoms with Crippen LogP contribution in [0.15, 0.2) is 18.2 Å². The highest BCUT2D eigenvalue weighted by molar-refractivity contribution is 6.31. The lowest BCUT2D eigenvalue weighted by atomic mass is 9.95. The van der Waals surface area contributed by atoms with Gasteiger partial charge in [-0.2, -0.15) is 0 Å². The summed E-state index contributed by atoms with van der Waals surface area (Å²) in [7, 11) is 0. The third-order valence-corrected chi connectivity index (χ3v) is 3.03. The second kappa shape index (κ2) is 5.53. The van der Waals surface area contributed by atoms with E-state index in [0.29, 0.717) is 5.92 Å². The minimum atomic E-state index is 0.0705. The third-order valence-electron chi connectivity index (χ3n) is 2.70. The summed E-state index contributed by atoms with van der Waals surface area (Å²) in [6, 6.07) is 6.02. The minimum Gasteiger partial charge on any atom is -0.324 e. The third kappa shape index (κ3) is 3.51. The molecule has 0 unspecified atom stereocenters. The predicted octanol–water partition coefficient (Wildman–Crippen LogP) is 4.08. The van der Waals surface area contributed by atoms with Gasteiger partial charge in [0.1, 0.15) is 0 Å². The van der Waals surface area contributed by atoms with Crippen molar-refractivity contribution in [2.45, 2.75) is 39.7 Å². The summed E-state index contributed by atoms with van der Waals surface area (Å²) >= 11 is 6.16. The molecule has 1 nitrogen and oxygen atoms in total. The number of nitrogens with two attached hydrogens (primary N) is 1. The number of hydrogen-bond acceptors (Lipinski definition) is 1. The molecule has 0 amide bonds. The maximum Gasteiger partial charge on any atom is 0.0456 e. The lowest BCUT2D eigenvalue weighted by molar-refractivity contribution is 0.506. The standard InChI is InChI=1S/C13H20ClN/c1-9(2)7-8-12(15)13-10(3)5-4-6-11(13)14/h4-6,9,12H,7-8,15H2,1-3H3/t12-/m1/s1. The smallest absolute Gasteiger partial charge is 0.0456 e. The Bertz CT molecular complexity index is 300. The first-order valence-corrected chi connectivity index (χ1v) is 5.90. The Morgan fingerprint density at radius 3 is 2.47 bits per heavy atom. The summed E-state index contributed by atoms with van der Waals surface area (Å²) in [6.45, 7) is 6.49. The van der Waals surface area contributed by atoms with Crippen LogP contribution in [0.3, 0.4) is 0 Å². The molecule has 0 aliphatic heterocycles. The van der Waals surface area contributed by atoms with Crippen molar-refractivity contribution in [1.29, 1.82) is 0 Å². The van der Waals surface area contributed by atoms with Crippen LogP contribution < -0.4 is 5.73 Å². The van der Waals surface area contributed by atoms with E-state index in [-0.39, 0.29) is 6.04 Å². The minimum absolute atomic E-state index is 0.0705. The summed E-state index contributed by atoms with van der Waals surface area (Å²) < 4.78 is 0. The van der Waals surface area contributed by atoms with Crippen LogP contribution in [0.25, 0.3) is 0 Å². The Hall–Kier alpha value is -0.530. The van der Waals surface area contributed by atoms with Crippen molar-refractivity contribution in [3.05, 3.63) is 34.3 Å². The zero-order chi connectivity index (χ0) is 11.4. The molecule has 1 aromatic carbocycles. The molecular weight excluding hydrogens is 206 g/mol. The fourth-order valence-corrected chi connectivity index (χ4v) is 2.13. The quantitative estimate of drug-likeness (QED) is 0.821. The highest BCUT2D eigenvalue weighted by atomic mass is 35.5. The van der Waals surface area contributed by atoms with Crippen LogP contribution >= 0.6 is 11.6 Å². The van der Waals surface area contributed by atoms with Crippen LogP contribution in [0.4, 0.5) is 0 Å². The number of benzene rings is 1. The summed E-state index contributed by atoms with van der Waals surface area (Å²) in [5, 5.41) is 0.797. The molecule has 1 rings (SSSR count). The molecule has 0 bridgehead atoms. The Morgan fingerprint density at radius 1 is 1.27 bits per heavy atom. The molecule has 0 fully saturated rings. The lowest BCUT2D eigenvalue weighted by Crippen LogP contribution is -2.13. The summed E-state index contributed by atoms with van der Waals surface area (Å²) in [4.78, 5) is 0. The van der Waals surface area contributed by atoms with Gasteiger partial charge in [-0.15, -0.1) is 0 Å². The van der Waals surface area contributed by atoms with Gasteiger partial charge >= 0.3 is 0 Å². The Balaban J connectivity index is 2.77. The molecule has 1 atom stereocenters. The van der Waals surface area contributed by atoms with Gasteiger partial charge in [0.25, 0.3) is 0 Å². The SMILES string of the molecule is Cc1cccc(Cl)c1[C@H](N)CCC(C)C. The van der Waals surface area contributed by atoms with Crippen LogP contribution in [-0.2, 0) is 0 Å². The number of rotatable bonds is 4. The summed E-state index contributed by atoms with van der Waals surface area (Å²) in [5.74, 6) is 0.693. The molecule has 2 heteroatoms. The second-order valence-electron chi connectivity index (χ2n) is 4.55. The van der Waals surface area contributed by atoms with E-state index in [2.05, 4.69) is 26.8 Å². The van der Waals surface area contributed by atoms with Gasteiger partial charge in [0.05, 0.1) is 0 Å². The average Bonchev–Trinajstić information content (AvgIpc) is 2.14. The molecule has 1 aromatic rings.